The molecule has 1 N–H and O–H groups in total. The van der Waals surface area contributed by atoms with Crippen molar-refractivity contribution in [2.24, 2.45) is 4.99 Å². The van der Waals surface area contributed by atoms with Gasteiger partial charge in [-0.05, 0) is 12.0 Å². The molecule has 2 aromatic heterocycles. The van der Waals surface area contributed by atoms with Gasteiger partial charge in [0.2, 0.25) is 5.95 Å². The maximum absolute atomic E-state index is 12.8. The molecule has 0 spiro atoms. The summed E-state index contributed by atoms with van der Waals surface area (Å²) in [5.74, 6) is 0.152. The van der Waals surface area contributed by atoms with E-state index in [1.54, 1.807) is 20.7 Å². The Kier molecular flexibility index (Phi) is 5.33. The molecule has 1 amide bonds. The summed E-state index contributed by atoms with van der Waals surface area (Å²) in [5, 5.41) is 0. The third-order valence-corrected chi connectivity index (χ3v) is 5.85. The number of hydrogen-bond acceptors (Lipinski definition) is 7. The average molecular weight is 451 g/mol. The second-order valence-electron chi connectivity index (χ2n) is 8.35. The molecule has 172 valence electrons. The zero-order valence-electron chi connectivity index (χ0n) is 18.6. The minimum Gasteiger partial charge on any atom is -0.439 e. The Bertz CT molecular complexity index is 1250. The number of nitrogens with zero attached hydrogens (tertiary/aromatic N) is 6. The summed E-state index contributed by atoms with van der Waals surface area (Å²) in [7, 11) is 3.63. The molecular formula is C22H25N7O4. The van der Waals surface area contributed by atoms with E-state index in [2.05, 4.69) is 19.9 Å². The van der Waals surface area contributed by atoms with E-state index in [1.807, 2.05) is 51.4 Å². The van der Waals surface area contributed by atoms with Crippen molar-refractivity contribution in [3.63, 3.8) is 0 Å². The first-order valence-corrected chi connectivity index (χ1v) is 10.8. The number of carbonyl (C=O) groups excluding carboxylic acids is 1. The summed E-state index contributed by atoms with van der Waals surface area (Å²) >= 11 is 0. The number of H-pyrrole nitrogens is 1. The Balaban J connectivity index is 1.50. The minimum atomic E-state index is -0.658. The van der Waals surface area contributed by atoms with Crippen LogP contribution < -0.4 is 5.56 Å². The van der Waals surface area contributed by atoms with Crippen LogP contribution in [0.4, 0.5) is 10.7 Å². The second kappa shape index (κ2) is 8.32. The number of aromatic nitrogens is 4. The monoisotopic (exact) mass is 451 g/mol. The molecule has 4 heterocycles. The first-order chi connectivity index (χ1) is 16.0. The fraction of sp³-hybridized carbons (Fsp3) is 0.409. The van der Waals surface area contributed by atoms with Gasteiger partial charge in [-0.3, -0.25) is 19.2 Å². The minimum absolute atomic E-state index is 0.152. The van der Waals surface area contributed by atoms with E-state index in [0.717, 1.165) is 5.56 Å². The Morgan fingerprint density at radius 1 is 1.24 bits per heavy atom. The zero-order valence-corrected chi connectivity index (χ0v) is 18.6. The lowest BCUT2D eigenvalue weighted by Crippen LogP contribution is -2.41. The third-order valence-electron chi connectivity index (χ3n) is 5.85. The summed E-state index contributed by atoms with van der Waals surface area (Å²) in [6, 6.07) is 9.51. The fourth-order valence-electron chi connectivity index (χ4n) is 4.37. The molecule has 2 aliphatic rings. The number of ether oxygens (including phenoxy) is 2. The predicted octanol–water partition coefficient (Wildman–Crippen LogP) is 2.04. The van der Waals surface area contributed by atoms with Crippen LogP contribution in [0.3, 0.4) is 0 Å². The molecule has 4 atom stereocenters. The van der Waals surface area contributed by atoms with Gasteiger partial charge in [0.15, 0.2) is 23.5 Å². The molecular weight excluding hydrogens is 426 g/mol. The van der Waals surface area contributed by atoms with E-state index < -0.39 is 17.9 Å². The van der Waals surface area contributed by atoms with Crippen LogP contribution in [0, 0.1) is 0 Å². The summed E-state index contributed by atoms with van der Waals surface area (Å²) in [5.41, 5.74) is 1.10. The van der Waals surface area contributed by atoms with E-state index in [4.69, 9.17) is 9.47 Å². The molecule has 2 fully saturated rings. The highest BCUT2D eigenvalue weighted by Gasteiger charge is 2.56. The molecule has 0 radical (unpaired) electrons. The number of rotatable bonds is 6. The van der Waals surface area contributed by atoms with Crippen LogP contribution in [0.1, 0.15) is 25.1 Å². The lowest BCUT2D eigenvalue weighted by Gasteiger charge is -2.24. The highest BCUT2D eigenvalue weighted by atomic mass is 16.6. The zero-order chi connectivity index (χ0) is 23.1. The van der Waals surface area contributed by atoms with Gasteiger partial charge in [-0.25, -0.2) is 14.8 Å². The smallest absolute Gasteiger partial charge is 0.411 e. The number of amides is 1. The lowest BCUT2D eigenvalue weighted by atomic mass is 10.0. The van der Waals surface area contributed by atoms with Gasteiger partial charge >= 0.3 is 6.09 Å². The van der Waals surface area contributed by atoms with Crippen molar-refractivity contribution < 1.29 is 14.3 Å². The van der Waals surface area contributed by atoms with Crippen LogP contribution in [-0.2, 0) is 16.0 Å². The molecule has 0 saturated carbocycles. The average Bonchev–Trinajstić information content (AvgIpc) is 3.46. The van der Waals surface area contributed by atoms with Crippen LogP contribution in [-0.4, -0.2) is 74.1 Å². The maximum Gasteiger partial charge on any atom is 0.411 e. The van der Waals surface area contributed by atoms with Gasteiger partial charge in [0.1, 0.15) is 6.04 Å². The van der Waals surface area contributed by atoms with Gasteiger partial charge in [-0.15, -0.1) is 0 Å². The number of hydrogen-bond donors (Lipinski definition) is 1. The SMILES string of the molecule is CC[C@H]1O[C@@H](n2cnc3c(=O)[nH]c(N=CN(C)C)nc32)[C@@H]2OC(=O)N(Cc3ccccc3)[C@@H]21. The standard InChI is InChI=1S/C22H25N7O4/c1-4-14-16-17(33-22(31)28(16)10-13-8-6-5-7-9-13)20(32-14)29-12-23-15-18(29)25-21(26-19(15)30)24-11-27(2)3/h5-9,11-12,14,16-17,20H,4,10H2,1-3H3,(H,25,26,30)/t14-,16-,17-,20-/m1/s1. The maximum atomic E-state index is 12.8. The molecule has 11 nitrogen and oxygen atoms in total. The summed E-state index contributed by atoms with van der Waals surface area (Å²) in [6.07, 6.45) is 1.90. The highest BCUT2D eigenvalue weighted by molar-refractivity contribution is 5.73. The Labute approximate surface area is 189 Å². The van der Waals surface area contributed by atoms with Crippen molar-refractivity contribution in [3.8, 4) is 0 Å². The Morgan fingerprint density at radius 2 is 2.03 bits per heavy atom. The van der Waals surface area contributed by atoms with Crippen molar-refractivity contribution in [2.45, 2.75) is 44.4 Å². The number of benzene rings is 1. The lowest BCUT2D eigenvalue weighted by molar-refractivity contribution is -0.0465. The molecule has 0 bridgehead atoms. The van der Waals surface area contributed by atoms with Crippen molar-refractivity contribution in [3.05, 3.63) is 52.6 Å². The van der Waals surface area contributed by atoms with Gasteiger partial charge in [-0.2, -0.15) is 4.98 Å². The first-order valence-electron chi connectivity index (χ1n) is 10.8. The fourth-order valence-corrected chi connectivity index (χ4v) is 4.37. The highest BCUT2D eigenvalue weighted by Crippen LogP contribution is 2.42. The van der Waals surface area contributed by atoms with Crippen molar-refractivity contribution in [1.29, 1.82) is 0 Å². The number of fused-ring (bicyclic) bond motifs is 2. The molecule has 0 aliphatic carbocycles. The van der Waals surface area contributed by atoms with Crippen molar-refractivity contribution >= 4 is 29.5 Å². The topological polar surface area (TPSA) is 118 Å². The molecule has 2 aliphatic heterocycles. The van der Waals surface area contributed by atoms with E-state index in [-0.39, 0.29) is 29.7 Å². The summed E-state index contributed by atoms with van der Waals surface area (Å²) in [4.78, 5) is 44.3. The van der Waals surface area contributed by atoms with Crippen molar-refractivity contribution in [1.82, 2.24) is 29.3 Å². The van der Waals surface area contributed by atoms with Crippen LogP contribution in [0.25, 0.3) is 11.2 Å². The van der Waals surface area contributed by atoms with Gasteiger partial charge in [0.05, 0.1) is 18.8 Å². The molecule has 5 rings (SSSR count). The number of aliphatic imine (C=N–C) groups is 1. The largest absolute Gasteiger partial charge is 0.439 e. The van der Waals surface area contributed by atoms with E-state index in [0.29, 0.717) is 18.6 Å². The molecule has 33 heavy (non-hydrogen) atoms. The van der Waals surface area contributed by atoms with E-state index in [1.165, 1.54) is 6.33 Å². The van der Waals surface area contributed by atoms with Gasteiger partial charge in [0, 0.05) is 20.6 Å². The predicted molar refractivity (Wildman–Crippen MR) is 120 cm³/mol. The van der Waals surface area contributed by atoms with Crippen LogP contribution in [0.5, 0.6) is 0 Å². The van der Waals surface area contributed by atoms with Crippen LogP contribution >= 0.6 is 0 Å². The first kappa shape index (κ1) is 21.1. The molecule has 2 saturated heterocycles. The normalized spacial score (nSPS) is 24.6. The molecule has 0 unspecified atom stereocenters. The number of carbonyl (C=O) groups is 1. The Hall–Kier alpha value is -3.73. The molecule has 1 aromatic carbocycles. The quantitative estimate of drug-likeness (QED) is 0.450. The Morgan fingerprint density at radius 3 is 2.76 bits per heavy atom. The van der Waals surface area contributed by atoms with Gasteiger partial charge in [-0.1, -0.05) is 37.3 Å². The second-order valence-corrected chi connectivity index (χ2v) is 8.35. The summed E-state index contributed by atoms with van der Waals surface area (Å²) < 4.78 is 13.8. The third kappa shape index (κ3) is 3.74. The number of nitrogens with one attached hydrogen (secondary N) is 1. The van der Waals surface area contributed by atoms with E-state index in [9.17, 15) is 9.59 Å². The van der Waals surface area contributed by atoms with Gasteiger partial charge < -0.3 is 14.4 Å². The molecule has 3 aromatic rings. The van der Waals surface area contributed by atoms with Crippen LogP contribution in [0.2, 0.25) is 0 Å². The molecule has 11 heteroatoms. The summed E-state index contributed by atoms with van der Waals surface area (Å²) in [6.45, 7) is 2.44. The van der Waals surface area contributed by atoms with Crippen molar-refractivity contribution in [2.75, 3.05) is 14.1 Å². The van der Waals surface area contributed by atoms with E-state index >= 15 is 0 Å². The number of imidazole rings is 1. The number of aromatic amines is 1. The van der Waals surface area contributed by atoms with Crippen LogP contribution in [0.15, 0.2) is 46.4 Å². The van der Waals surface area contributed by atoms with Gasteiger partial charge in [0.25, 0.3) is 5.56 Å².